The standard InChI is InChI=1S/C48H87NO13/c1-3-5-7-9-11-13-15-16-17-18-19-20-22-24-26-28-30-32-40(53)49-36(37(52)31-29-27-25-23-21-14-12-10-8-6-4-2)35-59-47-45(58)43(56)46(39(34-51)61-47)62-48-44(57)42(55)41(54)38(33-50)60-48/h8,10,21,23,29,31,36-39,41-48,50-52,54-58H,3-7,9,11-20,22,24-28,30,32-35H2,1-2H3,(H,49,53)/b10-8+,23-21+,31-29+. The molecule has 0 saturated carbocycles. The number of carbonyl (C=O) groups is 1. The Bertz CT molecular complexity index is 1190. The van der Waals surface area contributed by atoms with E-state index < -0.39 is 86.8 Å². The summed E-state index contributed by atoms with van der Waals surface area (Å²) in [6.45, 7) is 2.67. The number of unbranched alkanes of at least 4 members (excludes halogenated alkanes) is 19. The van der Waals surface area contributed by atoms with Gasteiger partial charge in [-0.05, 0) is 38.5 Å². The van der Waals surface area contributed by atoms with Gasteiger partial charge in [0.15, 0.2) is 12.6 Å². The molecule has 62 heavy (non-hydrogen) atoms. The Balaban J connectivity index is 1.86. The van der Waals surface area contributed by atoms with E-state index in [0.717, 1.165) is 51.4 Å². The molecular formula is C48H87NO13. The largest absolute Gasteiger partial charge is 0.394 e. The van der Waals surface area contributed by atoms with E-state index in [1.54, 1.807) is 6.08 Å². The van der Waals surface area contributed by atoms with Crippen LogP contribution in [0.25, 0.3) is 0 Å². The number of allylic oxidation sites excluding steroid dienone is 5. The zero-order valence-corrected chi connectivity index (χ0v) is 38.1. The van der Waals surface area contributed by atoms with Gasteiger partial charge in [-0.3, -0.25) is 4.79 Å². The van der Waals surface area contributed by atoms with Crippen LogP contribution >= 0.6 is 0 Å². The summed E-state index contributed by atoms with van der Waals surface area (Å²) in [4.78, 5) is 13.1. The average Bonchev–Trinajstić information content (AvgIpc) is 3.27. The second-order valence-electron chi connectivity index (χ2n) is 17.2. The van der Waals surface area contributed by atoms with E-state index in [-0.39, 0.29) is 18.9 Å². The second kappa shape index (κ2) is 35.5. The lowest BCUT2D eigenvalue weighted by Crippen LogP contribution is -2.65. The first-order chi connectivity index (χ1) is 30.1. The minimum absolute atomic E-state index is 0.255. The fraction of sp³-hybridized carbons (Fsp3) is 0.854. The van der Waals surface area contributed by atoms with Gasteiger partial charge in [-0.2, -0.15) is 0 Å². The van der Waals surface area contributed by atoms with Crippen molar-refractivity contribution in [3.63, 3.8) is 0 Å². The fourth-order valence-electron chi connectivity index (χ4n) is 7.80. The van der Waals surface area contributed by atoms with Gasteiger partial charge in [0.2, 0.25) is 5.91 Å². The number of hydrogen-bond donors (Lipinski definition) is 9. The van der Waals surface area contributed by atoms with Crippen molar-refractivity contribution in [1.29, 1.82) is 0 Å². The van der Waals surface area contributed by atoms with Gasteiger partial charge in [-0.15, -0.1) is 0 Å². The third kappa shape index (κ3) is 22.9. The molecule has 362 valence electrons. The van der Waals surface area contributed by atoms with Crippen molar-refractivity contribution >= 4 is 5.91 Å². The molecular weight excluding hydrogens is 799 g/mol. The van der Waals surface area contributed by atoms with Gasteiger partial charge in [0.05, 0.1) is 32.0 Å². The molecule has 14 nitrogen and oxygen atoms in total. The summed E-state index contributed by atoms with van der Waals surface area (Å²) in [5, 5.41) is 86.5. The van der Waals surface area contributed by atoms with Crippen LogP contribution in [-0.2, 0) is 23.7 Å². The minimum Gasteiger partial charge on any atom is -0.394 e. The number of hydrogen-bond acceptors (Lipinski definition) is 13. The van der Waals surface area contributed by atoms with Crippen molar-refractivity contribution in [2.24, 2.45) is 0 Å². The first kappa shape index (κ1) is 56.3. The molecule has 0 aliphatic carbocycles. The third-order valence-electron chi connectivity index (χ3n) is 11.8. The van der Waals surface area contributed by atoms with E-state index in [1.807, 2.05) is 6.08 Å². The lowest BCUT2D eigenvalue weighted by molar-refractivity contribution is -0.359. The summed E-state index contributed by atoms with van der Waals surface area (Å²) in [7, 11) is 0. The number of rotatable bonds is 36. The number of carbonyl (C=O) groups excluding carboxylic acids is 1. The zero-order valence-electron chi connectivity index (χ0n) is 38.1. The van der Waals surface area contributed by atoms with Gasteiger partial charge in [-0.25, -0.2) is 0 Å². The lowest BCUT2D eigenvalue weighted by atomic mass is 9.97. The smallest absolute Gasteiger partial charge is 0.220 e. The van der Waals surface area contributed by atoms with E-state index in [1.165, 1.54) is 83.5 Å². The van der Waals surface area contributed by atoms with Crippen molar-refractivity contribution in [2.45, 2.75) is 242 Å². The number of ether oxygens (including phenoxy) is 4. The Morgan fingerprint density at radius 3 is 1.55 bits per heavy atom. The Hall–Kier alpha value is -1.79. The molecule has 0 aromatic rings. The lowest BCUT2D eigenvalue weighted by Gasteiger charge is -2.46. The highest BCUT2D eigenvalue weighted by atomic mass is 16.7. The quantitative estimate of drug-likeness (QED) is 0.0279. The van der Waals surface area contributed by atoms with Crippen LogP contribution in [0.1, 0.15) is 168 Å². The van der Waals surface area contributed by atoms with Crippen molar-refractivity contribution in [3.8, 4) is 0 Å². The average molecular weight is 886 g/mol. The number of aliphatic hydroxyl groups is 8. The Morgan fingerprint density at radius 1 is 0.565 bits per heavy atom. The number of amides is 1. The van der Waals surface area contributed by atoms with Crippen molar-refractivity contribution in [1.82, 2.24) is 5.32 Å². The fourth-order valence-corrected chi connectivity index (χ4v) is 7.80. The topological polar surface area (TPSA) is 228 Å². The highest BCUT2D eigenvalue weighted by Crippen LogP contribution is 2.30. The molecule has 12 unspecified atom stereocenters. The van der Waals surface area contributed by atoms with Gasteiger partial charge in [0.1, 0.15) is 48.8 Å². The number of nitrogens with one attached hydrogen (secondary N) is 1. The van der Waals surface area contributed by atoms with E-state index in [2.05, 4.69) is 43.5 Å². The highest BCUT2D eigenvalue weighted by molar-refractivity contribution is 5.76. The molecule has 2 fully saturated rings. The molecule has 0 bridgehead atoms. The summed E-state index contributed by atoms with van der Waals surface area (Å²) in [5.41, 5.74) is 0. The first-order valence-corrected chi connectivity index (χ1v) is 24.2. The van der Waals surface area contributed by atoms with Crippen molar-refractivity contribution < 1.29 is 64.6 Å². The molecule has 2 aliphatic rings. The van der Waals surface area contributed by atoms with Crippen LogP contribution in [0.3, 0.4) is 0 Å². The molecule has 9 N–H and O–H groups in total. The molecule has 1 amide bonds. The zero-order chi connectivity index (χ0) is 45.4. The maximum atomic E-state index is 13.1. The normalized spacial score (nSPS) is 28.0. The molecule has 14 heteroatoms. The molecule has 2 heterocycles. The van der Waals surface area contributed by atoms with Crippen molar-refractivity contribution in [3.05, 3.63) is 36.5 Å². The van der Waals surface area contributed by atoms with Crippen LogP contribution in [0.2, 0.25) is 0 Å². The van der Waals surface area contributed by atoms with Crippen LogP contribution in [0.4, 0.5) is 0 Å². The summed E-state index contributed by atoms with van der Waals surface area (Å²) >= 11 is 0. The summed E-state index contributed by atoms with van der Waals surface area (Å²) in [5.74, 6) is -0.255. The van der Waals surface area contributed by atoms with Crippen LogP contribution in [0, 0.1) is 0 Å². The predicted octanol–water partition coefficient (Wildman–Crippen LogP) is 5.54. The van der Waals surface area contributed by atoms with E-state index in [0.29, 0.717) is 12.8 Å². The first-order valence-electron chi connectivity index (χ1n) is 24.2. The monoisotopic (exact) mass is 886 g/mol. The van der Waals surface area contributed by atoms with Gasteiger partial charge in [-0.1, -0.05) is 159 Å². The SMILES string of the molecule is CCC/C=C/CC/C=C/CC/C=C/C(O)C(COC1OC(CO)C(OC2OC(CO)C(O)C(O)C2O)C(O)C1O)NC(=O)CCCCCCCCCCCCCCCCCCC. The molecule has 0 aromatic heterocycles. The van der Waals surface area contributed by atoms with E-state index in [4.69, 9.17) is 18.9 Å². The van der Waals surface area contributed by atoms with Gasteiger partial charge in [0.25, 0.3) is 0 Å². The Morgan fingerprint density at radius 2 is 1.03 bits per heavy atom. The van der Waals surface area contributed by atoms with E-state index >= 15 is 0 Å². The molecule has 2 rings (SSSR count). The molecule has 2 aliphatic heterocycles. The van der Waals surface area contributed by atoms with Gasteiger partial charge >= 0.3 is 0 Å². The Labute approximate surface area is 372 Å². The summed E-state index contributed by atoms with van der Waals surface area (Å²) in [6, 6.07) is -0.932. The van der Waals surface area contributed by atoms with Gasteiger partial charge < -0.3 is 65.1 Å². The molecule has 2 saturated heterocycles. The Kier molecular flexibility index (Phi) is 32.2. The molecule has 0 radical (unpaired) electrons. The highest BCUT2D eigenvalue weighted by Gasteiger charge is 2.51. The molecule has 0 aromatic carbocycles. The van der Waals surface area contributed by atoms with E-state index in [9.17, 15) is 45.6 Å². The van der Waals surface area contributed by atoms with Crippen LogP contribution < -0.4 is 5.32 Å². The number of aliphatic hydroxyl groups excluding tert-OH is 8. The minimum atomic E-state index is -1.79. The van der Waals surface area contributed by atoms with Crippen molar-refractivity contribution in [2.75, 3.05) is 19.8 Å². The predicted molar refractivity (Wildman–Crippen MR) is 240 cm³/mol. The summed E-state index contributed by atoms with van der Waals surface area (Å²) < 4.78 is 22.6. The second-order valence-corrected chi connectivity index (χ2v) is 17.2. The molecule has 0 spiro atoms. The van der Waals surface area contributed by atoms with Crippen LogP contribution in [0.15, 0.2) is 36.5 Å². The molecule has 12 atom stereocenters. The van der Waals surface area contributed by atoms with Crippen LogP contribution in [0.5, 0.6) is 0 Å². The van der Waals surface area contributed by atoms with Crippen LogP contribution in [-0.4, -0.2) is 140 Å². The maximum Gasteiger partial charge on any atom is 0.220 e. The van der Waals surface area contributed by atoms with Gasteiger partial charge in [0, 0.05) is 6.42 Å². The summed E-state index contributed by atoms with van der Waals surface area (Å²) in [6.07, 6.45) is 22.0. The third-order valence-corrected chi connectivity index (χ3v) is 11.8. The maximum absolute atomic E-state index is 13.1.